The van der Waals surface area contributed by atoms with Gasteiger partial charge in [0.05, 0.1) is 5.69 Å². The molecule has 0 atom stereocenters. The monoisotopic (exact) mass is 436 g/mol. The molecule has 2 aromatic carbocycles. The summed E-state index contributed by atoms with van der Waals surface area (Å²) in [7, 11) is 0. The van der Waals surface area contributed by atoms with Crippen LogP contribution in [0.15, 0.2) is 36.4 Å². The summed E-state index contributed by atoms with van der Waals surface area (Å²) in [6.07, 6.45) is 2.28. The molecule has 29 heavy (non-hydrogen) atoms. The highest BCUT2D eigenvalue weighted by molar-refractivity contribution is 7.80. The normalized spacial score (nSPS) is 13.4. The van der Waals surface area contributed by atoms with Crippen molar-refractivity contribution in [3.8, 4) is 0 Å². The highest BCUT2D eigenvalue weighted by Crippen LogP contribution is 2.30. The van der Waals surface area contributed by atoms with E-state index in [9.17, 15) is 4.39 Å². The average molecular weight is 437 g/mol. The third-order valence-electron chi connectivity index (χ3n) is 4.72. The number of anilines is 3. The molecular formula is C20H26ClFN6S. The quantitative estimate of drug-likeness (QED) is 0.234. The molecule has 0 bridgehead atoms. The third kappa shape index (κ3) is 6.35. The first kappa shape index (κ1) is 21.4. The van der Waals surface area contributed by atoms with Crippen molar-refractivity contribution in [3.05, 3.63) is 52.8 Å². The predicted molar refractivity (Wildman–Crippen MR) is 123 cm³/mol. The van der Waals surface area contributed by atoms with Crippen molar-refractivity contribution in [3.63, 3.8) is 0 Å². The van der Waals surface area contributed by atoms with E-state index in [4.69, 9.17) is 29.6 Å². The molecular weight excluding hydrogens is 411 g/mol. The Morgan fingerprint density at radius 1 is 1.10 bits per heavy atom. The molecule has 1 heterocycles. The van der Waals surface area contributed by atoms with Gasteiger partial charge in [0, 0.05) is 49.1 Å². The first-order valence-electron chi connectivity index (χ1n) is 9.62. The van der Waals surface area contributed by atoms with Gasteiger partial charge in [-0.15, -0.1) is 0 Å². The third-order valence-corrected chi connectivity index (χ3v) is 5.07. The summed E-state index contributed by atoms with van der Waals surface area (Å²) in [5.74, 6) is -0.286. The van der Waals surface area contributed by atoms with Gasteiger partial charge in [0.2, 0.25) is 0 Å². The van der Waals surface area contributed by atoms with Crippen LogP contribution in [0.25, 0.3) is 0 Å². The van der Waals surface area contributed by atoms with Gasteiger partial charge in [-0.3, -0.25) is 5.43 Å². The molecule has 156 valence electrons. The molecule has 6 nitrogen and oxygen atoms in total. The summed E-state index contributed by atoms with van der Waals surface area (Å²) in [5.41, 5.74) is 14.4. The minimum Gasteiger partial charge on any atom is -0.383 e. The van der Waals surface area contributed by atoms with Crippen LogP contribution in [-0.4, -0.2) is 31.3 Å². The fourth-order valence-corrected chi connectivity index (χ4v) is 3.53. The Hall–Kier alpha value is -2.29. The number of nitrogens with one attached hydrogen (secondary N) is 4. The molecule has 1 fully saturated rings. The van der Waals surface area contributed by atoms with Gasteiger partial charge in [-0.25, -0.2) is 9.82 Å². The zero-order valence-electron chi connectivity index (χ0n) is 16.1. The van der Waals surface area contributed by atoms with Crippen molar-refractivity contribution in [2.24, 2.45) is 5.73 Å². The molecule has 6 N–H and O–H groups in total. The maximum atomic E-state index is 14.7. The molecule has 0 saturated carbocycles. The van der Waals surface area contributed by atoms with Crippen LogP contribution in [0.4, 0.5) is 21.5 Å². The summed E-state index contributed by atoms with van der Waals surface area (Å²) in [5, 5.41) is 7.33. The second-order valence-electron chi connectivity index (χ2n) is 6.86. The molecule has 2 aromatic rings. The Morgan fingerprint density at radius 3 is 2.48 bits per heavy atom. The van der Waals surface area contributed by atoms with E-state index < -0.39 is 0 Å². The van der Waals surface area contributed by atoms with Crippen LogP contribution >= 0.6 is 23.8 Å². The first-order chi connectivity index (χ1) is 14.0. The summed E-state index contributed by atoms with van der Waals surface area (Å²) < 4.78 is 14.7. The number of hydrogen-bond donors (Lipinski definition) is 5. The topological polar surface area (TPSA) is 77.4 Å². The Morgan fingerprint density at radius 2 is 1.79 bits per heavy atom. The van der Waals surface area contributed by atoms with Gasteiger partial charge in [-0.05, 0) is 67.0 Å². The SMILES string of the molecule is NC(=S)NNCc1cc(F)c(NCCNc2ccc(Cl)cc2)cc1N1CCCC1. The Labute approximate surface area is 180 Å². The largest absolute Gasteiger partial charge is 0.383 e. The first-order valence-corrected chi connectivity index (χ1v) is 10.4. The summed E-state index contributed by atoms with van der Waals surface area (Å²) in [4.78, 5) is 2.29. The molecule has 3 rings (SSSR count). The number of thiocarbonyl (C=S) groups is 1. The van der Waals surface area contributed by atoms with Gasteiger partial charge in [0.15, 0.2) is 5.11 Å². The van der Waals surface area contributed by atoms with Crippen molar-refractivity contribution in [2.75, 3.05) is 41.7 Å². The van der Waals surface area contributed by atoms with Gasteiger partial charge >= 0.3 is 0 Å². The number of hydrazine groups is 1. The molecule has 0 radical (unpaired) electrons. The second kappa shape index (κ2) is 10.5. The molecule has 9 heteroatoms. The molecule has 0 amide bonds. The molecule has 0 aliphatic carbocycles. The van der Waals surface area contributed by atoms with E-state index in [0.29, 0.717) is 30.3 Å². The van der Waals surface area contributed by atoms with Crippen LogP contribution in [0.2, 0.25) is 5.02 Å². The lowest BCUT2D eigenvalue weighted by atomic mass is 10.1. The van der Waals surface area contributed by atoms with E-state index in [-0.39, 0.29) is 10.9 Å². The van der Waals surface area contributed by atoms with E-state index >= 15 is 0 Å². The molecule has 1 saturated heterocycles. The Bertz CT molecular complexity index is 826. The van der Waals surface area contributed by atoms with Gasteiger partial charge in [0.1, 0.15) is 5.82 Å². The summed E-state index contributed by atoms with van der Waals surface area (Å²) in [6, 6.07) is 10.9. The second-order valence-corrected chi connectivity index (χ2v) is 7.73. The van der Waals surface area contributed by atoms with Crippen molar-refractivity contribution in [1.82, 2.24) is 10.9 Å². The number of benzene rings is 2. The fraction of sp³-hybridized carbons (Fsp3) is 0.350. The standard InChI is InChI=1S/C20H26ClFN6S/c21-15-3-5-16(6-4-15)24-7-8-25-18-12-19(28-9-1-2-10-28)14(11-17(18)22)13-26-27-20(23)29/h3-6,11-12,24-26H,1-2,7-10,13H2,(H3,23,27,29). The number of rotatable bonds is 9. The van der Waals surface area contributed by atoms with Crippen molar-refractivity contribution in [2.45, 2.75) is 19.4 Å². The summed E-state index contributed by atoms with van der Waals surface area (Å²) >= 11 is 10.7. The molecule has 0 unspecified atom stereocenters. The highest BCUT2D eigenvalue weighted by Gasteiger charge is 2.18. The smallest absolute Gasteiger partial charge is 0.178 e. The molecule has 0 spiro atoms. The zero-order valence-corrected chi connectivity index (χ0v) is 17.7. The predicted octanol–water partition coefficient (Wildman–Crippen LogP) is 3.44. The lowest BCUT2D eigenvalue weighted by Crippen LogP contribution is -2.40. The van der Waals surface area contributed by atoms with Crippen LogP contribution in [-0.2, 0) is 6.54 Å². The van der Waals surface area contributed by atoms with Gasteiger partial charge in [-0.2, -0.15) is 0 Å². The number of nitrogens with two attached hydrogens (primary N) is 1. The average Bonchev–Trinajstić information content (AvgIpc) is 3.22. The number of halogens is 2. The van der Waals surface area contributed by atoms with Crippen LogP contribution in [0.3, 0.4) is 0 Å². The maximum Gasteiger partial charge on any atom is 0.178 e. The maximum absolute atomic E-state index is 14.7. The van der Waals surface area contributed by atoms with Crippen LogP contribution in [0.5, 0.6) is 0 Å². The van der Waals surface area contributed by atoms with Crippen LogP contribution in [0.1, 0.15) is 18.4 Å². The lowest BCUT2D eigenvalue weighted by Gasteiger charge is -2.23. The van der Waals surface area contributed by atoms with Crippen LogP contribution < -0.4 is 32.1 Å². The van der Waals surface area contributed by atoms with Gasteiger partial charge in [-0.1, -0.05) is 11.6 Å². The van der Waals surface area contributed by atoms with Crippen molar-refractivity contribution < 1.29 is 4.39 Å². The fourth-order valence-electron chi connectivity index (χ4n) is 3.33. The molecule has 0 aromatic heterocycles. The highest BCUT2D eigenvalue weighted by atomic mass is 35.5. The van der Waals surface area contributed by atoms with Crippen molar-refractivity contribution in [1.29, 1.82) is 0 Å². The minimum absolute atomic E-state index is 0.152. The van der Waals surface area contributed by atoms with E-state index in [0.717, 1.165) is 42.9 Å². The zero-order chi connectivity index (χ0) is 20.6. The van der Waals surface area contributed by atoms with Gasteiger partial charge in [0.25, 0.3) is 0 Å². The van der Waals surface area contributed by atoms with Gasteiger partial charge < -0.3 is 21.3 Å². The number of hydrogen-bond acceptors (Lipinski definition) is 5. The van der Waals surface area contributed by atoms with E-state index in [1.165, 1.54) is 0 Å². The van der Waals surface area contributed by atoms with E-state index in [1.807, 2.05) is 30.3 Å². The molecule has 1 aliphatic rings. The lowest BCUT2D eigenvalue weighted by molar-refractivity contribution is 0.616. The van der Waals surface area contributed by atoms with E-state index in [2.05, 4.69) is 26.4 Å². The molecule has 1 aliphatic heterocycles. The Kier molecular flexibility index (Phi) is 7.74. The van der Waals surface area contributed by atoms with Crippen molar-refractivity contribution >= 4 is 46.0 Å². The minimum atomic E-state index is -0.286. The number of nitrogens with zero attached hydrogens (tertiary/aromatic N) is 1. The summed E-state index contributed by atoms with van der Waals surface area (Å²) in [6.45, 7) is 3.59. The van der Waals surface area contributed by atoms with Crippen LogP contribution in [0, 0.1) is 5.82 Å². The Balaban J connectivity index is 1.63. The van der Waals surface area contributed by atoms with E-state index in [1.54, 1.807) is 6.07 Å².